The fourth-order valence-electron chi connectivity index (χ4n) is 3.70. The normalized spacial score (nSPS) is 15.1. The van der Waals surface area contributed by atoms with E-state index in [1.807, 2.05) is 12.4 Å². The van der Waals surface area contributed by atoms with Crippen LogP contribution in [0.5, 0.6) is 0 Å². The molecule has 4 rings (SSSR count). The molecule has 3 nitrogen and oxygen atoms in total. The molecule has 2 heterocycles. The Morgan fingerprint density at radius 1 is 0.889 bits per heavy atom. The van der Waals surface area contributed by atoms with Crippen molar-refractivity contribution < 1.29 is 4.39 Å². The molecule has 0 spiro atoms. The third kappa shape index (κ3) is 4.17. The highest BCUT2D eigenvalue weighted by Crippen LogP contribution is 2.23. The summed E-state index contributed by atoms with van der Waals surface area (Å²) in [4.78, 5) is 9.34. The van der Waals surface area contributed by atoms with Gasteiger partial charge in [-0.25, -0.2) is 4.39 Å². The molecular formula is C23H24FN3. The molecule has 1 aliphatic heterocycles. The predicted molar refractivity (Wildman–Crippen MR) is 108 cm³/mol. The summed E-state index contributed by atoms with van der Waals surface area (Å²) in [6, 6.07) is 17.3. The lowest BCUT2D eigenvalue weighted by molar-refractivity contribution is 0.249. The Bertz CT molecular complexity index is 900. The number of aromatic nitrogens is 1. The topological polar surface area (TPSA) is 19.4 Å². The van der Waals surface area contributed by atoms with Crippen LogP contribution < -0.4 is 4.90 Å². The van der Waals surface area contributed by atoms with Crippen molar-refractivity contribution in [2.75, 3.05) is 31.1 Å². The lowest BCUT2D eigenvalue weighted by Gasteiger charge is -2.36. The van der Waals surface area contributed by atoms with Gasteiger partial charge >= 0.3 is 0 Å². The van der Waals surface area contributed by atoms with E-state index in [2.05, 4.69) is 52.0 Å². The lowest BCUT2D eigenvalue weighted by atomic mass is 10.1. The molecule has 0 N–H and O–H groups in total. The number of halogens is 1. The van der Waals surface area contributed by atoms with Crippen LogP contribution in [0.3, 0.4) is 0 Å². The summed E-state index contributed by atoms with van der Waals surface area (Å²) in [5, 5.41) is 0. The van der Waals surface area contributed by atoms with E-state index in [0.29, 0.717) is 0 Å². The van der Waals surface area contributed by atoms with Gasteiger partial charge in [0.1, 0.15) is 5.82 Å². The van der Waals surface area contributed by atoms with Crippen LogP contribution >= 0.6 is 0 Å². The SMILES string of the molecule is Cc1ccccc1N1CCN(Cc2cncc(-c3ccc(F)cc3)c2)CC1. The number of anilines is 1. The summed E-state index contributed by atoms with van der Waals surface area (Å²) in [6.45, 7) is 7.22. The largest absolute Gasteiger partial charge is 0.369 e. The lowest BCUT2D eigenvalue weighted by Crippen LogP contribution is -2.46. The van der Waals surface area contributed by atoms with Gasteiger partial charge < -0.3 is 4.90 Å². The Morgan fingerprint density at radius 2 is 1.63 bits per heavy atom. The zero-order valence-corrected chi connectivity index (χ0v) is 15.6. The number of benzene rings is 2. The fraction of sp³-hybridized carbons (Fsp3) is 0.261. The molecule has 0 saturated carbocycles. The van der Waals surface area contributed by atoms with E-state index in [1.165, 1.54) is 28.9 Å². The fourth-order valence-corrected chi connectivity index (χ4v) is 3.70. The summed E-state index contributed by atoms with van der Waals surface area (Å²) >= 11 is 0. The van der Waals surface area contributed by atoms with Gasteiger partial charge in [0.05, 0.1) is 0 Å². The van der Waals surface area contributed by atoms with Crippen LogP contribution in [0, 0.1) is 12.7 Å². The van der Waals surface area contributed by atoms with Crippen molar-refractivity contribution >= 4 is 5.69 Å². The Labute approximate surface area is 160 Å². The van der Waals surface area contributed by atoms with Gasteiger partial charge in [-0.1, -0.05) is 30.3 Å². The summed E-state index contributed by atoms with van der Waals surface area (Å²) in [5.74, 6) is -0.214. The van der Waals surface area contributed by atoms with Gasteiger partial charge in [-0.2, -0.15) is 0 Å². The second-order valence-electron chi connectivity index (χ2n) is 7.14. The Kier molecular flexibility index (Phi) is 5.16. The van der Waals surface area contributed by atoms with Gasteiger partial charge in [0.2, 0.25) is 0 Å². The Hall–Kier alpha value is -2.72. The van der Waals surface area contributed by atoms with Gasteiger partial charge in [0.15, 0.2) is 0 Å². The first-order valence-electron chi connectivity index (χ1n) is 9.42. The molecule has 27 heavy (non-hydrogen) atoms. The standard InChI is InChI=1S/C23H24FN3/c1-18-4-2-3-5-23(18)27-12-10-26(11-13-27)17-19-14-21(16-25-15-19)20-6-8-22(24)9-7-20/h2-9,14-16H,10-13,17H2,1H3. The van der Waals surface area contributed by atoms with E-state index in [0.717, 1.165) is 43.9 Å². The molecule has 0 radical (unpaired) electrons. The van der Waals surface area contributed by atoms with Crippen molar-refractivity contribution in [2.45, 2.75) is 13.5 Å². The average molecular weight is 361 g/mol. The van der Waals surface area contributed by atoms with Crippen molar-refractivity contribution in [2.24, 2.45) is 0 Å². The Balaban J connectivity index is 1.40. The van der Waals surface area contributed by atoms with Crippen LogP contribution in [0.2, 0.25) is 0 Å². The van der Waals surface area contributed by atoms with Crippen molar-refractivity contribution in [3.8, 4) is 11.1 Å². The molecule has 1 fully saturated rings. The summed E-state index contributed by atoms with van der Waals surface area (Å²) in [7, 11) is 0. The molecule has 0 atom stereocenters. The number of nitrogens with zero attached hydrogens (tertiary/aromatic N) is 3. The molecule has 0 aliphatic carbocycles. The summed E-state index contributed by atoms with van der Waals surface area (Å²) in [6.07, 6.45) is 3.77. The van der Waals surface area contributed by atoms with Crippen molar-refractivity contribution in [3.63, 3.8) is 0 Å². The minimum Gasteiger partial charge on any atom is -0.369 e. The molecule has 1 saturated heterocycles. The van der Waals surface area contributed by atoms with E-state index in [4.69, 9.17) is 0 Å². The van der Waals surface area contributed by atoms with Crippen LogP contribution in [-0.4, -0.2) is 36.1 Å². The zero-order valence-electron chi connectivity index (χ0n) is 15.6. The molecule has 0 bridgehead atoms. The molecule has 0 amide bonds. The maximum Gasteiger partial charge on any atom is 0.123 e. The molecule has 1 aromatic heterocycles. The van der Waals surface area contributed by atoms with Crippen LogP contribution in [0.1, 0.15) is 11.1 Å². The predicted octanol–water partition coefficient (Wildman–Crippen LogP) is 4.52. The number of piperazine rings is 1. The molecular weight excluding hydrogens is 337 g/mol. The minimum absolute atomic E-state index is 0.214. The maximum absolute atomic E-state index is 13.1. The van der Waals surface area contributed by atoms with Gasteiger partial charge in [-0.3, -0.25) is 9.88 Å². The van der Waals surface area contributed by atoms with Gasteiger partial charge in [0, 0.05) is 56.4 Å². The first-order valence-corrected chi connectivity index (χ1v) is 9.42. The highest BCUT2D eigenvalue weighted by atomic mass is 19.1. The number of hydrogen-bond acceptors (Lipinski definition) is 3. The van der Waals surface area contributed by atoms with E-state index >= 15 is 0 Å². The average Bonchev–Trinajstić information content (AvgIpc) is 2.70. The molecule has 138 valence electrons. The van der Waals surface area contributed by atoms with Crippen LogP contribution in [0.25, 0.3) is 11.1 Å². The van der Waals surface area contributed by atoms with E-state index < -0.39 is 0 Å². The molecule has 2 aromatic carbocycles. The zero-order chi connectivity index (χ0) is 18.6. The van der Waals surface area contributed by atoms with Gasteiger partial charge in [-0.15, -0.1) is 0 Å². The van der Waals surface area contributed by atoms with Gasteiger partial charge in [-0.05, 0) is 47.9 Å². The van der Waals surface area contributed by atoms with E-state index in [1.54, 1.807) is 12.1 Å². The quantitative estimate of drug-likeness (QED) is 0.681. The highest BCUT2D eigenvalue weighted by Gasteiger charge is 2.18. The van der Waals surface area contributed by atoms with Crippen LogP contribution in [0.15, 0.2) is 67.0 Å². The smallest absolute Gasteiger partial charge is 0.123 e. The Morgan fingerprint density at radius 3 is 2.37 bits per heavy atom. The number of aryl methyl sites for hydroxylation is 1. The first kappa shape index (κ1) is 17.7. The van der Waals surface area contributed by atoms with Gasteiger partial charge in [0.25, 0.3) is 0 Å². The monoisotopic (exact) mass is 361 g/mol. The van der Waals surface area contributed by atoms with Crippen LogP contribution in [0.4, 0.5) is 10.1 Å². The first-order chi connectivity index (χ1) is 13.2. The summed E-state index contributed by atoms with van der Waals surface area (Å²) in [5.41, 5.74) is 5.90. The number of pyridine rings is 1. The minimum atomic E-state index is -0.214. The van der Waals surface area contributed by atoms with Crippen molar-refractivity contribution in [1.82, 2.24) is 9.88 Å². The van der Waals surface area contributed by atoms with E-state index in [-0.39, 0.29) is 5.82 Å². The molecule has 0 unspecified atom stereocenters. The number of rotatable bonds is 4. The summed E-state index contributed by atoms with van der Waals surface area (Å²) < 4.78 is 13.1. The van der Waals surface area contributed by atoms with Crippen LogP contribution in [-0.2, 0) is 6.54 Å². The second-order valence-corrected chi connectivity index (χ2v) is 7.14. The molecule has 4 heteroatoms. The third-order valence-corrected chi connectivity index (χ3v) is 5.21. The van der Waals surface area contributed by atoms with Crippen molar-refractivity contribution in [1.29, 1.82) is 0 Å². The number of para-hydroxylation sites is 1. The van der Waals surface area contributed by atoms with E-state index in [9.17, 15) is 4.39 Å². The highest BCUT2D eigenvalue weighted by molar-refractivity contribution is 5.62. The van der Waals surface area contributed by atoms with Crippen molar-refractivity contribution in [3.05, 3.63) is 83.9 Å². The molecule has 3 aromatic rings. The second kappa shape index (κ2) is 7.89. The molecule has 1 aliphatic rings. The maximum atomic E-state index is 13.1. The third-order valence-electron chi connectivity index (χ3n) is 5.21. The number of hydrogen-bond donors (Lipinski definition) is 0.